The third-order valence-electron chi connectivity index (χ3n) is 2.42. The number of aliphatic hydroxyl groups excluding tert-OH is 1. The van der Waals surface area contributed by atoms with Crippen molar-refractivity contribution in [2.75, 3.05) is 6.61 Å². The number of benzene rings is 1. The molecule has 1 rings (SSSR count). The minimum Gasteiger partial charge on any atom is -0.395 e. The molecule has 0 heterocycles. The lowest BCUT2D eigenvalue weighted by molar-refractivity contribution is 0.218. The highest BCUT2D eigenvalue weighted by atomic mass is 16.3. The Kier molecular flexibility index (Phi) is 3.72. The largest absolute Gasteiger partial charge is 0.395 e. The highest BCUT2D eigenvalue weighted by molar-refractivity contribution is 5.29. The monoisotopic (exact) mass is 205 g/mol. The quantitative estimate of drug-likeness (QED) is 0.458. The number of azide groups is 1. The van der Waals surface area contributed by atoms with Crippen molar-refractivity contribution < 1.29 is 5.11 Å². The molecule has 0 unspecified atom stereocenters. The Morgan fingerprint density at radius 3 is 2.80 bits per heavy atom. The number of hydrogen-bond donors (Lipinski definition) is 1. The fraction of sp³-hybridized carbons (Fsp3) is 0.455. The topological polar surface area (TPSA) is 69.0 Å². The minimum atomic E-state index is -0.258. The second-order valence-electron chi connectivity index (χ2n) is 4.13. The molecule has 1 aromatic rings. The van der Waals surface area contributed by atoms with Crippen molar-refractivity contribution in [3.8, 4) is 0 Å². The molecule has 0 bridgehead atoms. The molecule has 0 saturated carbocycles. The third kappa shape index (κ3) is 2.98. The van der Waals surface area contributed by atoms with Crippen molar-refractivity contribution >= 4 is 0 Å². The van der Waals surface area contributed by atoms with E-state index in [0.29, 0.717) is 6.54 Å². The molecule has 0 radical (unpaired) electrons. The van der Waals surface area contributed by atoms with Crippen LogP contribution < -0.4 is 0 Å². The van der Waals surface area contributed by atoms with Crippen molar-refractivity contribution in [2.45, 2.75) is 25.8 Å². The molecule has 15 heavy (non-hydrogen) atoms. The second-order valence-corrected chi connectivity index (χ2v) is 4.13. The summed E-state index contributed by atoms with van der Waals surface area (Å²) < 4.78 is 0. The maximum atomic E-state index is 9.23. The Labute approximate surface area is 89.2 Å². The van der Waals surface area contributed by atoms with E-state index in [2.05, 4.69) is 10.0 Å². The first-order chi connectivity index (χ1) is 7.10. The highest BCUT2D eigenvalue weighted by Crippen LogP contribution is 2.23. The molecule has 0 fully saturated rings. The first-order valence-electron chi connectivity index (χ1n) is 4.81. The van der Waals surface area contributed by atoms with Crippen molar-refractivity contribution in [3.05, 3.63) is 45.8 Å². The van der Waals surface area contributed by atoms with Crippen LogP contribution in [0.2, 0.25) is 0 Å². The van der Waals surface area contributed by atoms with Gasteiger partial charge in [0.15, 0.2) is 0 Å². The van der Waals surface area contributed by atoms with E-state index in [0.717, 1.165) is 11.1 Å². The normalized spacial score (nSPS) is 10.9. The van der Waals surface area contributed by atoms with Crippen molar-refractivity contribution in [2.24, 2.45) is 5.11 Å². The summed E-state index contributed by atoms with van der Waals surface area (Å²) in [5.41, 5.74) is 9.98. The summed E-state index contributed by atoms with van der Waals surface area (Å²) in [7, 11) is 0. The first-order valence-corrected chi connectivity index (χ1v) is 4.81. The van der Waals surface area contributed by atoms with Gasteiger partial charge in [0.2, 0.25) is 0 Å². The first kappa shape index (κ1) is 11.6. The van der Waals surface area contributed by atoms with Crippen molar-refractivity contribution in [3.63, 3.8) is 0 Å². The maximum absolute atomic E-state index is 9.23. The van der Waals surface area contributed by atoms with E-state index in [1.807, 2.05) is 38.1 Å². The summed E-state index contributed by atoms with van der Waals surface area (Å²) in [6, 6.07) is 7.75. The van der Waals surface area contributed by atoms with Crippen LogP contribution in [0.5, 0.6) is 0 Å². The molecule has 80 valence electrons. The maximum Gasteiger partial charge on any atom is 0.0522 e. The molecule has 0 aliphatic carbocycles. The molecule has 0 saturated heterocycles. The molecule has 0 aliphatic rings. The van der Waals surface area contributed by atoms with Gasteiger partial charge in [-0.2, -0.15) is 0 Å². The lowest BCUT2D eigenvalue weighted by Gasteiger charge is -2.22. The molecule has 4 heteroatoms. The molecular formula is C11H15N3O. The van der Waals surface area contributed by atoms with Crippen LogP contribution in [0.3, 0.4) is 0 Å². The Hall–Kier alpha value is -1.51. The van der Waals surface area contributed by atoms with Crippen LogP contribution in [0.15, 0.2) is 29.4 Å². The zero-order valence-corrected chi connectivity index (χ0v) is 9.01. The fourth-order valence-electron chi connectivity index (χ4n) is 1.30. The van der Waals surface area contributed by atoms with Gasteiger partial charge in [-0.3, -0.25) is 0 Å². The molecule has 0 amide bonds. The second kappa shape index (κ2) is 4.82. The van der Waals surface area contributed by atoms with Gasteiger partial charge in [-0.15, -0.1) is 0 Å². The molecule has 1 aromatic carbocycles. The Morgan fingerprint density at radius 2 is 2.20 bits per heavy atom. The molecule has 0 aromatic heterocycles. The van der Waals surface area contributed by atoms with Crippen LogP contribution in [-0.2, 0) is 12.0 Å². The Bertz CT molecular complexity index is 381. The summed E-state index contributed by atoms with van der Waals surface area (Å²) >= 11 is 0. The molecule has 0 atom stereocenters. The predicted octanol–water partition coefficient (Wildman–Crippen LogP) is 2.77. The molecule has 0 aliphatic heterocycles. The summed E-state index contributed by atoms with van der Waals surface area (Å²) in [6.07, 6.45) is 0. The SMILES string of the molecule is CC(C)(CO)c1cccc(CN=[N+]=[N-])c1. The molecule has 0 spiro atoms. The van der Waals surface area contributed by atoms with E-state index >= 15 is 0 Å². The van der Waals surface area contributed by atoms with Gasteiger partial charge in [-0.05, 0) is 16.7 Å². The lowest BCUT2D eigenvalue weighted by Crippen LogP contribution is -2.22. The van der Waals surface area contributed by atoms with Gasteiger partial charge in [0.25, 0.3) is 0 Å². The van der Waals surface area contributed by atoms with Crippen LogP contribution in [0.4, 0.5) is 0 Å². The number of hydrogen-bond acceptors (Lipinski definition) is 2. The van der Waals surface area contributed by atoms with Gasteiger partial charge in [-0.25, -0.2) is 0 Å². The van der Waals surface area contributed by atoms with E-state index in [9.17, 15) is 5.11 Å². The summed E-state index contributed by atoms with van der Waals surface area (Å²) in [5.74, 6) is 0. The van der Waals surface area contributed by atoms with E-state index in [1.165, 1.54) is 0 Å². The summed E-state index contributed by atoms with van der Waals surface area (Å²) in [6.45, 7) is 4.39. The predicted molar refractivity (Wildman–Crippen MR) is 59.4 cm³/mol. The van der Waals surface area contributed by atoms with Gasteiger partial charge in [0.1, 0.15) is 0 Å². The van der Waals surface area contributed by atoms with E-state index in [4.69, 9.17) is 5.53 Å². The third-order valence-corrected chi connectivity index (χ3v) is 2.42. The highest BCUT2D eigenvalue weighted by Gasteiger charge is 2.18. The van der Waals surface area contributed by atoms with Crippen molar-refractivity contribution in [1.82, 2.24) is 0 Å². The fourth-order valence-corrected chi connectivity index (χ4v) is 1.30. The number of nitrogens with zero attached hydrogens (tertiary/aromatic N) is 3. The van der Waals surface area contributed by atoms with Crippen LogP contribution in [0.25, 0.3) is 10.4 Å². The Morgan fingerprint density at radius 1 is 1.47 bits per heavy atom. The summed E-state index contributed by atoms with van der Waals surface area (Å²) in [5, 5.41) is 12.7. The molecular weight excluding hydrogens is 190 g/mol. The molecule has 4 nitrogen and oxygen atoms in total. The van der Waals surface area contributed by atoms with Gasteiger partial charge in [0.05, 0.1) is 13.2 Å². The van der Waals surface area contributed by atoms with Crippen LogP contribution in [0.1, 0.15) is 25.0 Å². The standard InChI is InChI=1S/C11H15N3O/c1-11(2,8-15)10-5-3-4-9(6-10)7-13-14-12/h3-6,15H,7-8H2,1-2H3. The van der Waals surface area contributed by atoms with E-state index in [-0.39, 0.29) is 12.0 Å². The lowest BCUT2D eigenvalue weighted by atomic mass is 9.85. The average Bonchev–Trinajstić information content (AvgIpc) is 2.27. The Balaban J connectivity index is 2.96. The minimum absolute atomic E-state index is 0.0952. The summed E-state index contributed by atoms with van der Waals surface area (Å²) in [4.78, 5) is 2.72. The van der Waals surface area contributed by atoms with Crippen LogP contribution >= 0.6 is 0 Å². The van der Waals surface area contributed by atoms with Gasteiger partial charge in [-0.1, -0.05) is 43.2 Å². The number of rotatable bonds is 4. The van der Waals surface area contributed by atoms with Gasteiger partial charge in [0, 0.05) is 10.3 Å². The average molecular weight is 205 g/mol. The van der Waals surface area contributed by atoms with E-state index < -0.39 is 0 Å². The zero-order valence-electron chi connectivity index (χ0n) is 9.01. The van der Waals surface area contributed by atoms with Crippen molar-refractivity contribution in [1.29, 1.82) is 0 Å². The molecule has 1 N–H and O–H groups in total. The van der Waals surface area contributed by atoms with Gasteiger partial charge < -0.3 is 5.11 Å². The smallest absolute Gasteiger partial charge is 0.0522 e. The van der Waals surface area contributed by atoms with E-state index in [1.54, 1.807) is 0 Å². The number of aliphatic hydroxyl groups is 1. The van der Waals surface area contributed by atoms with Gasteiger partial charge >= 0.3 is 0 Å². The van der Waals surface area contributed by atoms with Crippen LogP contribution in [-0.4, -0.2) is 11.7 Å². The zero-order chi connectivity index (χ0) is 11.3. The van der Waals surface area contributed by atoms with Crippen LogP contribution in [0, 0.1) is 0 Å².